The Morgan fingerprint density at radius 1 is 1.36 bits per heavy atom. The molecule has 0 radical (unpaired) electrons. The van der Waals surface area contributed by atoms with Crippen molar-refractivity contribution in [1.29, 1.82) is 0 Å². The van der Waals surface area contributed by atoms with Gasteiger partial charge in [0.25, 0.3) is 0 Å². The molecule has 4 nitrogen and oxygen atoms in total. The molecule has 0 saturated heterocycles. The molecule has 2 aromatic heterocycles. The predicted molar refractivity (Wildman–Crippen MR) is 52.1 cm³/mol. The van der Waals surface area contributed by atoms with Gasteiger partial charge in [0, 0.05) is 25.2 Å². The third-order valence-corrected chi connectivity index (χ3v) is 1.98. The molecule has 0 aromatic carbocycles. The van der Waals surface area contributed by atoms with Crippen molar-refractivity contribution in [2.45, 2.75) is 6.42 Å². The van der Waals surface area contributed by atoms with Crippen molar-refractivity contribution in [2.24, 2.45) is 0 Å². The Kier molecular flexibility index (Phi) is 2.55. The Labute approximate surface area is 81.9 Å². The van der Waals surface area contributed by atoms with Gasteiger partial charge in [0.05, 0.1) is 0 Å². The van der Waals surface area contributed by atoms with E-state index in [2.05, 4.69) is 9.97 Å². The van der Waals surface area contributed by atoms with Crippen LogP contribution >= 0.6 is 0 Å². The summed E-state index contributed by atoms with van der Waals surface area (Å²) in [5.41, 5.74) is 1.08. The van der Waals surface area contributed by atoms with Crippen molar-refractivity contribution >= 4 is 0 Å². The zero-order chi connectivity index (χ0) is 9.80. The molecule has 0 aliphatic carbocycles. The van der Waals surface area contributed by atoms with E-state index < -0.39 is 0 Å². The van der Waals surface area contributed by atoms with Crippen molar-refractivity contribution in [3.05, 3.63) is 42.6 Å². The fourth-order valence-electron chi connectivity index (χ4n) is 1.28. The van der Waals surface area contributed by atoms with Crippen molar-refractivity contribution in [3.63, 3.8) is 0 Å². The quantitative estimate of drug-likeness (QED) is 0.777. The average molecular weight is 189 g/mol. The first-order chi connectivity index (χ1) is 6.90. The van der Waals surface area contributed by atoms with Gasteiger partial charge in [0.1, 0.15) is 12.1 Å². The standard InChI is InChI=1S/C10H11N3O/c14-6-2-9-1-3-12-10(7-9)13-5-4-11-8-13/h1,3-5,7-8,14H,2,6H2. The number of nitrogens with zero attached hydrogens (tertiary/aromatic N) is 3. The minimum Gasteiger partial charge on any atom is -0.396 e. The van der Waals surface area contributed by atoms with Gasteiger partial charge in [-0.2, -0.15) is 0 Å². The number of aromatic nitrogens is 3. The van der Waals surface area contributed by atoms with Gasteiger partial charge in [-0.05, 0) is 24.1 Å². The van der Waals surface area contributed by atoms with Crippen LogP contribution in [0.3, 0.4) is 0 Å². The van der Waals surface area contributed by atoms with E-state index in [9.17, 15) is 0 Å². The lowest BCUT2D eigenvalue weighted by molar-refractivity contribution is 0.299. The normalized spacial score (nSPS) is 10.4. The van der Waals surface area contributed by atoms with Crippen LogP contribution in [-0.2, 0) is 6.42 Å². The molecule has 0 spiro atoms. The highest BCUT2D eigenvalue weighted by Gasteiger charge is 1.98. The zero-order valence-electron chi connectivity index (χ0n) is 7.67. The summed E-state index contributed by atoms with van der Waals surface area (Å²) in [6.45, 7) is 0.160. The van der Waals surface area contributed by atoms with E-state index >= 15 is 0 Å². The summed E-state index contributed by atoms with van der Waals surface area (Å²) in [5.74, 6) is 0.827. The highest BCUT2D eigenvalue weighted by Crippen LogP contribution is 2.06. The Balaban J connectivity index is 2.31. The lowest BCUT2D eigenvalue weighted by atomic mass is 10.2. The molecule has 0 unspecified atom stereocenters. The Morgan fingerprint density at radius 2 is 2.29 bits per heavy atom. The molecule has 72 valence electrons. The summed E-state index contributed by atoms with van der Waals surface area (Å²) in [7, 11) is 0. The van der Waals surface area contributed by atoms with Crippen LogP contribution < -0.4 is 0 Å². The third kappa shape index (κ3) is 1.80. The Morgan fingerprint density at radius 3 is 3.00 bits per heavy atom. The van der Waals surface area contributed by atoms with E-state index in [0.29, 0.717) is 6.42 Å². The molecule has 0 atom stereocenters. The monoisotopic (exact) mass is 189 g/mol. The van der Waals surface area contributed by atoms with Crippen LogP contribution in [0.2, 0.25) is 0 Å². The smallest absolute Gasteiger partial charge is 0.138 e. The number of rotatable bonds is 3. The van der Waals surface area contributed by atoms with E-state index in [0.717, 1.165) is 11.4 Å². The highest BCUT2D eigenvalue weighted by molar-refractivity contribution is 5.27. The van der Waals surface area contributed by atoms with Crippen LogP contribution in [0.5, 0.6) is 0 Å². The van der Waals surface area contributed by atoms with E-state index in [1.807, 2.05) is 22.9 Å². The van der Waals surface area contributed by atoms with Gasteiger partial charge in [0.15, 0.2) is 0 Å². The van der Waals surface area contributed by atoms with E-state index in [1.54, 1.807) is 18.7 Å². The maximum atomic E-state index is 8.80. The summed E-state index contributed by atoms with van der Waals surface area (Å²) < 4.78 is 1.83. The van der Waals surface area contributed by atoms with E-state index in [1.165, 1.54) is 0 Å². The number of pyridine rings is 1. The summed E-state index contributed by atoms with van der Waals surface area (Å²) in [5, 5.41) is 8.80. The molecule has 1 N–H and O–H groups in total. The highest BCUT2D eigenvalue weighted by atomic mass is 16.2. The minimum absolute atomic E-state index is 0.160. The molecule has 0 saturated carbocycles. The third-order valence-electron chi connectivity index (χ3n) is 1.98. The number of imidazole rings is 1. The van der Waals surface area contributed by atoms with Crippen molar-refractivity contribution in [2.75, 3.05) is 6.61 Å². The van der Waals surface area contributed by atoms with Gasteiger partial charge in [0.2, 0.25) is 0 Å². The molecule has 2 aromatic rings. The zero-order valence-corrected chi connectivity index (χ0v) is 7.67. The second kappa shape index (κ2) is 4.02. The van der Waals surface area contributed by atoms with Gasteiger partial charge in [-0.15, -0.1) is 0 Å². The lowest BCUT2D eigenvalue weighted by Gasteiger charge is -2.03. The largest absolute Gasteiger partial charge is 0.396 e. The van der Waals surface area contributed by atoms with Crippen LogP contribution in [0, 0.1) is 0 Å². The Hall–Kier alpha value is -1.68. The van der Waals surface area contributed by atoms with Crippen LogP contribution in [-0.4, -0.2) is 26.2 Å². The molecule has 4 heteroatoms. The van der Waals surface area contributed by atoms with Gasteiger partial charge >= 0.3 is 0 Å². The first-order valence-corrected chi connectivity index (χ1v) is 4.44. The number of hydrogen-bond acceptors (Lipinski definition) is 3. The molecular formula is C10H11N3O. The molecule has 2 heterocycles. The predicted octanol–water partition coefficient (Wildman–Crippen LogP) is 0.802. The number of hydrogen-bond donors (Lipinski definition) is 1. The summed E-state index contributed by atoms with van der Waals surface area (Å²) in [6, 6.07) is 3.84. The van der Waals surface area contributed by atoms with Crippen LogP contribution in [0.25, 0.3) is 5.82 Å². The maximum Gasteiger partial charge on any atom is 0.138 e. The first-order valence-electron chi connectivity index (χ1n) is 4.44. The average Bonchev–Trinajstić information content (AvgIpc) is 2.71. The second-order valence-electron chi connectivity index (χ2n) is 2.97. The number of aliphatic hydroxyl groups is 1. The SMILES string of the molecule is OCCc1ccnc(-n2ccnc2)c1. The van der Waals surface area contributed by atoms with E-state index in [4.69, 9.17) is 5.11 Å². The Bertz CT molecular complexity index is 398. The maximum absolute atomic E-state index is 8.80. The van der Waals surface area contributed by atoms with E-state index in [-0.39, 0.29) is 6.61 Å². The first kappa shape index (κ1) is 8.90. The van der Waals surface area contributed by atoms with Gasteiger partial charge in [-0.1, -0.05) is 0 Å². The molecule has 0 fully saturated rings. The van der Waals surface area contributed by atoms with Crippen LogP contribution in [0.4, 0.5) is 0 Å². The summed E-state index contributed by atoms with van der Waals surface area (Å²) in [4.78, 5) is 8.15. The summed E-state index contributed by atoms with van der Waals surface area (Å²) in [6.07, 6.45) is 7.64. The summed E-state index contributed by atoms with van der Waals surface area (Å²) >= 11 is 0. The second-order valence-corrected chi connectivity index (χ2v) is 2.97. The molecule has 14 heavy (non-hydrogen) atoms. The van der Waals surface area contributed by atoms with Gasteiger partial charge in [-0.25, -0.2) is 9.97 Å². The molecule has 0 aliphatic heterocycles. The van der Waals surface area contributed by atoms with Crippen LogP contribution in [0.15, 0.2) is 37.1 Å². The molecule has 0 amide bonds. The van der Waals surface area contributed by atoms with Gasteiger partial charge < -0.3 is 5.11 Å². The number of aliphatic hydroxyl groups excluding tert-OH is 1. The molecular weight excluding hydrogens is 178 g/mol. The fraction of sp³-hybridized carbons (Fsp3) is 0.200. The lowest BCUT2D eigenvalue weighted by Crippen LogP contribution is -1.97. The van der Waals surface area contributed by atoms with Crippen molar-refractivity contribution in [3.8, 4) is 5.82 Å². The van der Waals surface area contributed by atoms with Gasteiger partial charge in [-0.3, -0.25) is 4.57 Å². The molecule has 0 aliphatic rings. The molecule has 2 rings (SSSR count). The fourth-order valence-corrected chi connectivity index (χ4v) is 1.28. The topological polar surface area (TPSA) is 50.9 Å². The molecule has 0 bridgehead atoms. The minimum atomic E-state index is 0.160. The van der Waals surface area contributed by atoms with Crippen molar-refractivity contribution in [1.82, 2.24) is 14.5 Å². The van der Waals surface area contributed by atoms with Crippen molar-refractivity contribution < 1.29 is 5.11 Å². The van der Waals surface area contributed by atoms with Crippen LogP contribution in [0.1, 0.15) is 5.56 Å².